The van der Waals surface area contributed by atoms with Gasteiger partial charge in [-0.1, -0.05) is 75.2 Å². The summed E-state index contributed by atoms with van der Waals surface area (Å²) in [5, 5.41) is 0. The average Bonchev–Trinajstić information content (AvgIpc) is 1.78. The number of aryl methyl sites for hydroxylation is 1. The van der Waals surface area contributed by atoms with Gasteiger partial charge in [0.2, 0.25) is 5.56 Å². The number of hydrogen-bond acceptors (Lipinski definition) is 14. The number of likely N-dealkylation sites (tertiary alicyclic amines) is 7. The summed E-state index contributed by atoms with van der Waals surface area (Å²) in [6.45, 7) is 35.2. The lowest BCUT2D eigenvalue weighted by Gasteiger charge is -2.32. The second kappa shape index (κ2) is 49.9. The maximum Gasteiger partial charge on any atom is 0.260 e. The van der Waals surface area contributed by atoms with Gasteiger partial charge in [0.25, 0.3) is 5.92 Å². The summed E-state index contributed by atoms with van der Waals surface area (Å²) in [6, 6.07) is 22.3. The Morgan fingerprint density at radius 3 is 1.10 bits per heavy atom. The number of alkyl halides is 3. The number of morpholine rings is 1. The van der Waals surface area contributed by atoms with E-state index in [-0.39, 0.29) is 18.5 Å². The molecule has 4 unspecified atom stereocenters. The number of piperidine rings is 5. The number of piperazine rings is 1. The van der Waals surface area contributed by atoms with Crippen molar-refractivity contribution in [2.24, 2.45) is 18.9 Å². The van der Waals surface area contributed by atoms with Crippen LogP contribution < -0.4 is 10.5 Å². The van der Waals surface area contributed by atoms with Gasteiger partial charge in [-0.25, -0.2) is 13.2 Å². The van der Waals surface area contributed by atoms with Gasteiger partial charge in [-0.05, 0) is 268 Å². The number of benzene rings is 2. The number of anilines is 1. The van der Waals surface area contributed by atoms with Crippen molar-refractivity contribution < 1.29 is 17.9 Å². The highest BCUT2D eigenvalue weighted by molar-refractivity contribution is 5.56. The van der Waals surface area contributed by atoms with Gasteiger partial charge in [0.15, 0.2) is 0 Å². The van der Waals surface area contributed by atoms with E-state index < -0.39 is 12.1 Å². The largest absolute Gasteiger partial charge is 0.374 e. The summed E-state index contributed by atoms with van der Waals surface area (Å²) in [4.78, 5) is 37.9. The molecular weight excluding hydrogens is 1210 g/mol. The highest BCUT2D eigenvalue weighted by Crippen LogP contribution is 2.27. The third-order valence-electron chi connectivity index (χ3n) is 19.3. The Balaban J connectivity index is 0.000000274. The van der Waals surface area contributed by atoms with Crippen LogP contribution in [0.15, 0.2) is 77.7 Å². The number of halogens is 3. The van der Waals surface area contributed by atoms with Crippen LogP contribution in [0, 0.1) is 11.8 Å². The molecule has 3 aromatic rings. The molecule has 96 heavy (non-hydrogen) atoms. The van der Waals surface area contributed by atoms with Crippen molar-refractivity contribution in [2.45, 2.75) is 161 Å². The lowest BCUT2D eigenvalue weighted by molar-refractivity contribution is -0.0602. The van der Waals surface area contributed by atoms with Gasteiger partial charge >= 0.3 is 0 Å². The van der Waals surface area contributed by atoms with E-state index in [2.05, 4.69) is 201 Å². The van der Waals surface area contributed by atoms with Crippen LogP contribution in [-0.2, 0) is 31.3 Å². The molecule has 0 saturated carbocycles. The minimum atomic E-state index is -2.42. The predicted octanol–water partition coefficient (Wildman–Crippen LogP) is 11.5. The molecule has 1 aromatic heterocycles. The molecule has 9 fully saturated rings. The van der Waals surface area contributed by atoms with Crippen molar-refractivity contribution in [3.63, 3.8) is 0 Å². The molecule has 4 atom stereocenters. The third-order valence-corrected chi connectivity index (χ3v) is 19.3. The Morgan fingerprint density at radius 1 is 0.396 bits per heavy atom. The summed E-state index contributed by atoms with van der Waals surface area (Å²) < 4.78 is 44.2. The molecule has 12 heterocycles. The number of rotatable bonds is 0. The van der Waals surface area contributed by atoms with E-state index in [4.69, 9.17) is 4.74 Å². The van der Waals surface area contributed by atoms with E-state index in [0.29, 0.717) is 18.6 Å². The van der Waals surface area contributed by atoms with Gasteiger partial charge in [-0.3, -0.25) is 9.69 Å². The van der Waals surface area contributed by atoms with Crippen LogP contribution in [0.4, 0.5) is 18.9 Å². The van der Waals surface area contributed by atoms with Gasteiger partial charge < -0.3 is 63.2 Å². The zero-order valence-electron chi connectivity index (χ0n) is 64.4. The van der Waals surface area contributed by atoms with E-state index in [1.807, 2.05) is 13.1 Å². The van der Waals surface area contributed by atoms with E-state index >= 15 is 0 Å². The van der Waals surface area contributed by atoms with Crippen LogP contribution >= 0.6 is 0 Å². The summed E-state index contributed by atoms with van der Waals surface area (Å²) >= 11 is 0. The number of pyridine rings is 1. The lowest BCUT2D eigenvalue weighted by atomic mass is 9.92. The van der Waals surface area contributed by atoms with Crippen molar-refractivity contribution in [2.75, 3.05) is 227 Å². The summed E-state index contributed by atoms with van der Waals surface area (Å²) in [7, 11) is 27.2. The highest BCUT2D eigenvalue weighted by atomic mass is 19.3. The van der Waals surface area contributed by atoms with Gasteiger partial charge in [-0.15, -0.1) is 0 Å². The molecule has 0 N–H and O–H groups in total. The van der Waals surface area contributed by atoms with Crippen LogP contribution in [0.3, 0.4) is 0 Å². The number of likely N-dealkylation sites (N-methyl/N-ethyl adjacent to an activating group) is 4. The van der Waals surface area contributed by atoms with Crippen molar-refractivity contribution >= 4 is 5.69 Å². The minimum Gasteiger partial charge on any atom is -0.374 e. The number of hydrogen-bond donors (Lipinski definition) is 0. The molecule has 0 amide bonds. The van der Waals surface area contributed by atoms with Crippen LogP contribution in [0.2, 0.25) is 0 Å². The Morgan fingerprint density at radius 2 is 0.781 bits per heavy atom. The quantitative estimate of drug-likeness (QED) is 0.215. The van der Waals surface area contributed by atoms with E-state index in [1.54, 1.807) is 31.3 Å². The Kier molecular flexibility index (Phi) is 45.1. The first-order chi connectivity index (χ1) is 45.7. The van der Waals surface area contributed by atoms with E-state index in [9.17, 15) is 18.0 Å². The molecule has 554 valence electrons. The summed E-state index contributed by atoms with van der Waals surface area (Å²) in [5.41, 5.74) is 5.91. The van der Waals surface area contributed by atoms with Gasteiger partial charge in [0.05, 0.1) is 18.8 Å². The third kappa shape index (κ3) is 41.9. The SMILES string of the molecule is CC1CC(C)CN(C)C1.CC1CN(C)CC(C)O1.CN1CCC(F)CC1.CN1CCC1.CN1CCCC(F)(F)C1.CN1CCCC1.CN1CCCCC1.CN1CCCCC1.CN1CCN(C)CC1.CN1CCc2ccccc21.CN1Cc2ccccc2C1.Cn1ccccc1=O. The smallest absolute Gasteiger partial charge is 0.260 e. The monoisotopic (exact) mass is 1350 g/mol. The summed E-state index contributed by atoms with van der Waals surface area (Å²) in [6.07, 6.45) is 19.6. The van der Waals surface area contributed by atoms with Crippen LogP contribution in [-0.4, -0.2) is 305 Å². The minimum absolute atomic E-state index is 0.0347. The molecule has 0 aliphatic carbocycles. The molecule has 9 saturated heterocycles. The van der Waals surface area contributed by atoms with Crippen LogP contribution in [0.25, 0.3) is 0 Å². The van der Waals surface area contributed by atoms with Crippen LogP contribution in [0.1, 0.15) is 134 Å². The second-order valence-corrected chi connectivity index (χ2v) is 30.2. The molecule has 15 nitrogen and oxygen atoms in total. The standard InChI is InChI=1S/2C9H11N.C8H17N.C7H15NO.C6H11F2N.C6H12FN.C6H14N2.C6H7NO.2C6H13N.C5H11N.C4H9N/c1-10-6-8-4-2-3-5-9(8)7-10;1-10-7-6-8-4-2-3-5-9(8)10;1-7-4-8(2)6-9(3)5-7;1-6-4-8(3)5-7(2)9-6;1-9-4-2-3-6(7,8)5-9;1-8-4-2-6(7)3-5-8;1-7-3-5-8(2)6-4-7;1-7-5-3-2-4-6(7)8;2*1-7-5-3-2-4-6-7;1-6-4-2-3-5-6;1-5-3-2-4-5/h2*2-5H,6-7H2,1H3;7-8H,4-6H2,1-3H3;6-7H,4-5H2,1-3H3;2-5H2,1H3;6H,2-5H2,1H3;3-6H2,1-2H3;2-5H,1H3;2*2-6H2,1H3;2-5H2,1H3;2-4H2,1H3. The molecule has 0 spiro atoms. The highest BCUT2D eigenvalue weighted by Gasteiger charge is 2.33. The topological polar surface area (TPSA) is 70.1 Å². The first-order valence-electron chi connectivity index (χ1n) is 37.4. The van der Waals surface area contributed by atoms with Crippen molar-refractivity contribution in [1.82, 2.24) is 58.5 Å². The molecule has 14 rings (SSSR count). The predicted molar refractivity (Wildman–Crippen MR) is 405 cm³/mol. The number of ether oxygens (including phenoxy) is 1. The Hall–Kier alpha value is -3.50. The van der Waals surface area contributed by atoms with E-state index in [0.717, 1.165) is 70.5 Å². The summed E-state index contributed by atoms with van der Waals surface area (Å²) in [5.74, 6) is -0.593. The maximum atomic E-state index is 12.4. The molecule has 11 aliphatic rings. The number of nitrogens with zero attached hydrogens (tertiary/aromatic N) is 13. The normalized spacial score (nSPS) is 25.1. The fraction of sp³-hybridized carbons (Fsp3) is 0.782. The average molecular weight is 1350 g/mol. The zero-order valence-corrected chi connectivity index (χ0v) is 64.4. The number of para-hydroxylation sites is 1. The lowest BCUT2D eigenvalue weighted by Crippen LogP contribution is -2.42. The number of aromatic nitrogens is 1. The molecular formula is C78H144F3N13O2. The second-order valence-electron chi connectivity index (χ2n) is 30.2. The molecule has 2 aromatic carbocycles. The fourth-order valence-corrected chi connectivity index (χ4v) is 13.4. The van der Waals surface area contributed by atoms with Gasteiger partial charge in [-0.2, -0.15) is 0 Å². The van der Waals surface area contributed by atoms with Crippen molar-refractivity contribution in [3.8, 4) is 0 Å². The Bertz CT molecular complexity index is 2270. The first-order valence-corrected chi connectivity index (χ1v) is 37.4. The molecule has 0 bridgehead atoms. The van der Waals surface area contributed by atoms with E-state index in [1.165, 1.54) is 202 Å². The van der Waals surface area contributed by atoms with Gasteiger partial charge in [0, 0.05) is 124 Å². The van der Waals surface area contributed by atoms with Crippen LogP contribution in [0.5, 0.6) is 0 Å². The van der Waals surface area contributed by atoms with Gasteiger partial charge in [0.1, 0.15) is 6.17 Å². The molecule has 11 aliphatic heterocycles. The first kappa shape index (κ1) is 86.7. The maximum absolute atomic E-state index is 12.4. The number of fused-ring (bicyclic) bond motifs is 2. The van der Waals surface area contributed by atoms with Crippen molar-refractivity contribution in [1.29, 1.82) is 0 Å². The zero-order chi connectivity index (χ0) is 70.8. The Labute approximate surface area is 586 Å². The van der Waals surface area contributed by atoms with Crippen molar-refractivity contribution in [3.05, 3.63) is 100.0 Å². The molecule has 0 radical (unpaired) electrons. The molecule has 18 heteroatoms. The fourth-order valence-electron chi connectivity index (χ4n) is 13.4.